The number of nitrogens with one attached hydrogen (secondary N) is 1. The molecule has 1 aliphatic rings. The molecular weight excluding hydrogens is 318 g/mol. The van der Waals surface area contributed by atoms with Gasteiger partial charge in [-0.3, -0.25) is 4.79 Å². The van der Waals surface area contributed by atoms with E-state index >= 15 is 0 Å². The third-order valence-electron chi connectivity index (χ3n) is 4.12. The Morgan fingerprint density at radius 2 is 2.12 bits per heavy atom. The van der Waals surface area contributed by atoms with Gasteiger partial charge < -0.3 is 19.5 Å². The Kier molecular flexibility index (Phi) is 5.43. The second kappa shape index (κ2) is 7.92. The number of ether oxygens (including phenoxy) is 3. The molecule has 25 heavy (non-hydrogen) atoms. The van der Waals surface area contributed by atoms with E-state index in [0.29, 0.717) is 19.6 Å². The first kappa shape index (κ1) is 17.1. The van der Waals surface area contributed by atoms with Crippen molar-refractivity contribution < 1.29 is 19.0 Å². The highest BCUT2D eigenvalue weighted by Gasteiger charge is 2.26. The lowest BCUT2D eigenvalue weighted by molar-refractivity contribution is -0.121. The van der Waals surface area contributed by atoms with E-state index in [1.165, 1.54) is 0 Å². The average Bonchev–Trinajstić information content (AvgIpc) is 2.65. The molecule has 1 aliphatic heterocycles. The summed E-state index contributed by atoms with van der Waals surface area (Å²) in [6.07, 6.45) is 1.57. The van der Waals surface area contributed by atoms with Gasteiger partial charge in [-0.1, -0.05) is 13.0 Å². The second-order valence-corrected chi connectivity index (χ2v) is 6.05. The van der Waals surface area contributed by atoms with Crippen LogP contribution in [0.5, 0.6) is 17.2 Å². The Balaban J connectivity index is 1.65. The average molecular weight is 341 g/mol. The van der Waals surface area contributed by atoms with Gasteiger partial charge in [0.05, 0.1) is 19.6 Å². The number of methoxy groups -OCH3 is 1. The van der Waals surface area contributed by atoms with Crippen molar-refractivity contribution in [2.45, 2.75) is 19.8 Å². The third kappa shape index (κ3) is 4.24. The monoisotopic (exact) mass is 341 g/mol. The lowest BCUT2D eigenvalue weighted by Gasteiger charge is -2.25. The number of amides is 1. The van der Waals surface area contributed by atoms with E-state index in [1.807, 2.05) is 42.5 Å². The molecule has 2 aromatic rings. The van der Waals surface area contributed by atoms with E-state index in [0.717, 1.165) is 34.9 Å². The van der Waals surface area contributed by atoms with Crippen LogP contribution in [0.3, 0.4) is 0 Å². The van der Waals surface area contributed by atoms with E-state index in [-0.39, 0.29) is 11.8 Å². The summed E-state index contributed by atoms with van der Waals surface area (Å²) in [5.74, 6) is 2.06. The molecule has 1 amide bonds. The van der Waals surface area contributed by atoms with E-state index in [4.69, 9.17) is 14.2 Å². The molecule has 5 nitrogen and oxygen atoms in total. The molecule has 1 unspecified atom stereocenters. The van der Waals surface area contributed by atoms with Gasteiger partial charge in [0.2, 0.25) is 5.91 Å². The van der Waals surface area contributed by atoms with Crippen LogP contribution in [0.25, 0.3) is 0 Å². The highest BCUT2D eigenvalue weighted by Crippen LogP contribution is 2.31. The standard InChI is InChI=1S/C20H23NO4/c1-3-9-24-18-6-4-5-16(12-18)21-20(22)15-10-14-11-17(23-2)7-8-19(14)25-13-15/h4-8,11-12,15H,3,9-10,13H2,1-2H3,(H,21,22). The number of benzene rings is 2. The fraction of sp³-hybridized carbons (Fsp3) is 0.350. The van der Waals surface area contributed by atoms with Crippen molar-refractivity contribution in [3.8, 4) is 17.2 Å². The smallest absolute Gasteiger partial charge is 0.231 e. The largest absolute Gasteiger partial charge is 0.497 e. The first-order chi connectivity index (χ1) is 12.2. The number of rotatable bonds is 6. The number of carbonyl (C=O) groups excluding carboxylic acids is 1. The predicted octanol–water partition coefficient (Wildman–Crippen LogP) is 3.67. The van der Waals surface area contributed by atoms with Gasteiger partial charge in [-0.25, -0.2) is 0 Å². The van der Waals surface area contributed by atoms with E-state index in [9.17, 15) is 4.79 Å². The van der Waals surface area contributed by atoms with Crippen LogP contribution in [0, 0.1) is 5.92 Å². The minimum atomic E-state index is -0.236. The molecule has 0 aromatic heterocycles. The molecule has 0 spiro atoms. The normalized spacial score (nSPS) is 15.7. The van der Waals surface area contributed by atoms with Crippen molar-refractivity contribution in [3.63, 3.8) is 0 Å². The van der Waals surface area contributed by atoms with Crippen LogP contribution in [0.1, 0.15) is 18.9 Å². The summed E-state index contributed by atoms with van der Waals surface area (Å²) < 4.78 is 16.6. The summed E-state index contributed by atoms with van der Waals surface area (Å²) >= 11 is 0. The van der Waals surface area contributed by atoms with Crippen LogP contribution in [0.4, 0.5) is 5.69 Å². The van der Waals surface area contributed by atoms with Crippen LogP contribution in [-0.2, 0) is 11.2 Å². The van der Waals surface area contributed by atoms with Crippen molar-refractivity contribution in [1.82, 2.24) is 0 Å². The maximum atomic E-state index is 12.6. The quantitative estimate of drug-likeness (QED) is 0.871. The molecule has 0 radical (unpaired) electrons. The summed E-state index contributed by atoms with van der Waals surface area (Å²) in [5, 5.41) is 2.96. The summed E-state index contributed by atoms with van der Waals surface area (Å²) in [6.45, 7) is 3.09. The minimum Gasteiger partial charge on any atom is -0.497 e. The van der Waals surface area contributed by atoms with Crippen LogP contribution in [-0.4, -0.2) is 26.2 Å². The van der Waals surface area contributed by atoms with Gasteiger partial charge in [0, 0.05) is 11.8 Å². The Labute approximate surface area is 147 Å². The Bertz CT molecular complexity index is 744. The van der Waals surface area contributed by atoms with Crippen molar-refractivity contribution in [2.75, 3.05) is 25.6 Å². The Hall–Kier alpha value is -2.69. The number of hydrogen-bond acceptors (Lipinski definition) is 4. The second-order valence-electron chi connectivity index (χ2n) is 6.05. The molecule has 1 atom stereocenters. The predicted molar refractivity (Wildman–Crippen MR) is 96.5 cm³/mol. The number of fused-ring (bicyclic) bond motifs is 1. The summed E-state index contributed by atoms with van der Waals surface area (Å²) in [7, 11) is 1.63. The third-order valence-corrected chi connectivity index (χ3v) is 4.12. The molecule has 5 heteroatoms. The highest BCUT2D eigenvalue weighted by atomic mass is 16.5. The van der Waals surface area contributed by atoms with Crippen molar-refractivity contribution >= 4 is 11.6 Å². The molecular formula is C20H23NO4. The molecule has 3 rings (SSSR count). The van der Waals surface area contributed by atoms with Crippen LogP contribution >= 0.6 is 0 Å². The Morgan fingerprint density at radius 1 is 1.24 bits per heavy atom. The maximum Gasteiger partial charge on any atom is 0.231 e. The maximum absolute atomic E-state index is 12.6. The van der Waals surface area contributed by atoms with E-state index in [1.54, 1.807) is 7.11 Å². The fourth-order valence-corrected chi connectivity index (χ4v) is 2.79. The van der Waals surface area contributed by atoms with Gasteiger partial charge >= 0.3 is 0 Å². The number of anilines is 1. The fourth-order valence-electron chi connectivity index (χ4n) is 2.79. The number of hydrogen-bond donors (Lipinski definition) is 1. The lowest BCUT2D eigenvalue weighted by atomic mass is 9.95. The van der Waals surface area contributed by atoms with Crippen LogP contribution in [0.2, 0.25) is 0 Å². The van der Waals surface area contributed by atoms with Crippen molar-refractivity contribution in [1.29, 1.82) is 0 Å². The zero-order valence-electron chi connectivity index (χ0n) is 14.6. The SMILES string of the molecule is CCCOc1cccc(NC(=O)C2COc3ccc(OC)cc3C2)c1. The minimum absolute atomic E-state index is 0.0545. The van der Waals surface area contributed by atoms with Crippen molar-refractivity contribution in [3.05, 3.63) is 48.0 Å². The highest BCUT2D eigenvalue weighted by molar-refractivity contribution is 5.93. The molecule has 0 fully saturated rings. The lowest BCUT2D eigenvalue weighted by Crippen LogP contribution is -2.32. The summed E-state index contributed by atoms with van der Waals surface area (Å²) in [4.78, 5) is 12.6. The molecule has 1 heterocycles. The topological polar surface area (TPSA) is 56.8 Å². The van der Waals surface area contributed by atoms with Gasteiger partial charge in [-0.15, -0.1) is 0 Å². The van der Waals surface area contributed by atoms with E-state index in [2.05, 4.69) is 12.2 Å². The summed E-state index contributed by atoms with van der Waals surface area (Å²) in [6, 6.07) is 13.1. The molecule has 1 N–H and O–H groups in total. The zero-order valence-corrected chi connectivity index (χ0v) is 14.6. The molecule has 2 aromatic carbocycles. The van der Waals surface area contributed by atoms with Crippen LogP contribution < -0.4 is 19.5 Å². The first-order valence-corrected chi connectivity index (χ1v) is 8.53. The molecule has 0 saturated carbocycles. The molecule has 0 saturated heterocycles. The van der Waals surface area contributed by atoms with Crippen molar-refractivity contribution in [2.24, 2.45) is 5.92 Å². The van der Waals surface area contributed by atoms with E-state index < -0.39 is 0 Å². The molecule has 0 aliphatic carbocycles. The van der Waals surface area contributed by atoms with Gasteiger partial charge in [0.15, 0.2) is 0 Å². The molecule has 132 valence electrons. The Morgan fingerprint density at radius 3 is 2.92 bits per heavy atom. The summed E-state index contributed by atoms with van der Waals surface area (Å²) in [5.41, 5.74) is 1.72. The van der Waals surface area contributed by atoms with Gasteiger partial charge in [-0.05, 0) is 48.7 Å². The van der Waals surface area contributed by atoms with Gasteiger partial charge in [0.25, 0.3) is 0 Å². The molecule has 0 bridgehead atoms. The first-order valence-electron chi connectivity index (χ1n) is 8.53. The zero-order chi connectivity index (χ0) is 17.6. The van der Waals surface area contributed by atoms with Gasteiger partial charge in [-0.2, -0.15) is 0 Å². The number of carbonyl (C=O) groups is 1. The van der Waals surface area contributed by atoms with Crippen LogP contribution in [0.15, 0.2) is 42.5 Å². The van der Waals surface area contributed by atoms with Gasteiger partial charge in [0.1, 0.15) is 23.9 Å².